The Labute approximate surface area is 235 Å². The fourth-order valence-electron chi connectivity index (χ4n) is 5.76. The number of nitrogens with one attached hydrogen (secondary N) is 1. The van der Waals surface area contributed by atoms with Crippen LogP contribution in [0.2, 0.25) is 0 Å². The first-order valence-corrected chi connectivity index (χ1v) is 13.3. The molecule has 4 rings (SSSR count). The molecule has 3 N–H and O–H groups in total. The highest BCUT2D eigenvalue weighted by molar-refractivity contribution is 6.22. The maximum atomic E-state index is 13.3. The molecule has 42 heavy (non-hydrogen) atoms. The standard InChI is InChI=1S/C28H27F6NO7/c29-27(30,31)13-1-5-15(6-2-13)35-23(36)17-9-10-19(25(39)40)22-20(12-11-18(21(17)22)24(37)38)26(41)42-16-7-3-14(4-8-16)28(32,33)34/h9-16H,1-8H2,(H,35,36)(H,37,38)(H,39,40). The number of aromatic carboxylic acids is 2. The highest BCUT2D eigenvalue weighted by atomic mass is 19.4. The highest BCUT2D eigenvalue weighted by Gasteiger charge is 2.43. The molecule has 0 saturated heterocycles. The molecule has 0 heterocycles. The quantitative estimate of drug-likeness (QED) is 0.259. The smallest absolute Gasteiger partial charge is 0.391 e. The number of carbonyl (C=O) groups excluding carboxylic acids is 2. The van der Waals surface area contributed by atoms with Crippen LogP contribution in [0.25, 0.3) is 10.8 Å². The molecule has 228 valence electrons. The number of rotatable bonds is 6. The molecule has 0 unspecified atom stereocenters. The molecule has 2 fully saturated rings. The molecule has 2 aromatic rings. The van der Waals surface area contributed by atoms with Crippen LogP contribution >= 0.6 is 0 Å². The van der Waals surface area contributed by atoms with Gasteiger partial charge in [0.05, 0.1) is 28.5 Å². The maximum absolute atomic E-state index is 13.3. The summed E-state index contributed by atoms with van der Waals surface area (Å²) in [6.07, 6.45) is -10.7. The van der Waals surface area contributed by atoms with Crippen LogP contribution < -0.4 is 5.32 Å². The number of carboxylic acid groups (broad SMARTS) is 2. The van der Waals surface area contributed by atoms with Crippen LogP contribution in [0, 0.1) is 11.8 Å². The summed E-state index contributed by atoms with van der Waals surface area (Å²) in [5, 5.41) is 21.4. The lowest BCUT2D eigenvalue weighted by molar-refractivity contribution is -0.186. The molecular formula is C28H27F6NO7. The van der Waals surface area contributed by atoms with E-state index in [1.165, 1.54) is 0 Å². The Morgan fingerprint density at radius 3 is 1.50 bits per heavy atom. The summed E-state index contributed by atoms with van der Waals surface area (Å²) in [5.41, 5.74) is -1.75. The zero-order valence-electron chi connectivity index (χ0n) is 22.0. The lowest BCUT2D eigenvalue weighted by atomic mass is 9.85. The molecule has 0 atom stereocenters. The largest absolute Gasteiger partial charge is 0.478 e. The van der Waals surface area contributed by atoms with E-state index in [0.717, 1.165) is 24.3 Å². The predicted octanol–water partition coefficient (Wildman–Crippen LogP) is 6.37. The van der Waals surface area contributed by atoms with E-state index in [1.54, 1.807) is 0 Å². The van der Waals surface area contributed by atoms with Gasteiger partial charge in [0.2, 0.25) is 0 Å². The zero-order valence-corrected chi connectivity index (χ0v) is 22.0. The molecule has 0 aliphatic heterocycles. The van der Waals surface area contributed by atoms with Gasteiger partial charge < -0.3 is 20.3 Å². The Morgan fingerprint density at radius 1 is 0.643 bits per heavy atom. The SMILES string of the molecule is O=C(O)c1ccc(C(=O)OC2CCC(C(F)(F)F)CC2)c2c(C(=O)O)ccc(C(=O)NC3CCC(C(F)(F)F)CC3)c12. The average molecular weight is 604 g/mol. The predicted molar refractivity (Wildman–Crippen MR) is 134 cm³/mol. The van der Waals surface area contributed by atoms with Gasteiger partial charge in [0.1, 0.15) is 6.10 Å². The van der Waals surface area contributed by atoms with E-state index < -0.39 is 82.2 Å². The van der Waals surface area contributed by atoms with Gasteiger partial charge in [-0.2, -0.15) is 26.3 Å². The molecule has 0 spiro atoms. The summed E-state index contributed by atoms with van der Waals surface area (Å²) >= 11 is 0. The molecule has 14 heteroatoms. The van der Waals surface area contributed by atoms with Gasteiger partial charge in [0, 0.05) is 22.4 Å². The molecule has 8 nitrogen and oxygen atoms in total. The van der Waals surface area contributed by atoms with Crippen molar-refractivity contribution >= 4 is 34.6 Å². The van der Waals surface area contributed by atoms with Gasteiger partial charge >= 0.3 is 30.3 Å². The summed E-state index contributed by atoms with van der Waals surface area (Å²) in [6, 6.07) is 3.40. The number of hydrogen-bond acceptors (Lipinski definition) is 5. The minimum atomic E-state index is -4.39. The Kier molecular flexibility index (Phi) is 8.74. The summed E-state index contributed by atoms with van der Waals surface area (Å²) in [5.74, 6) is -8.11. The molecule has 2 aliphatic rings. The fourth-order valence-corrected chi connectivity index (χ4v) is 5.76. The zero-order chi connectivity index (χ0) is 31.0. The van der Waals surface area contributed by atoms with E-state index in [4.69, 9.17) is 4.74 Å². The van der Waals surface area contributed by atoms with E-state index in [2.05, 4.69) is 5.32 Å². The number of amides is 1. The Bertz CT molecular complexity index is 1280. The van der Waals surface area contributed by atoms with E-state index in [9.17, 15) is 55.7 Å². The van der Waals surface area contributed by atoms with Crippen molar-refractivity contribution in [1.82, 2.24) is 5.32 Å². The topological polar surface area (TPSA) is 130 Å². The fraction of sp³-hybridized carbons (Fsp3) is 0.500. The van der Waals surface area contributed by atoms with Crippen molar-refractivity contribution in [3.05, 3.63) is 46.5 Å². The van der Waals surface area contributed by atoms with Crippen LogP contribution in [0.1, 0.15) is 92.8 Å². The summed E-state index contributed by atoms with van der Waals surface area (Å²) < 4.78 is 83.6. The summed E-state index contributed by atoms with van der Waals surface area (Å²) in [6.45, 7) is 0. The van der Waals surface area contributed by atoms with Crippen molar-refractivity contribution in [3.63, 3.8) is 0 Å². The number of carboxylic acids is 2. The molecular weight excluding hydrogens is 576 g/mol. The van der Waals surface area contributed by atoms with E-state index in [1.807, 2.05) is 0 Å². The second kappa shape index (κ2) is 11.8. The van der Waals surface area contributed by atoms with E-state index in [-0.39, 0.29) is 62.3 Å². The van der Waals surface area contributed by atoms with Gasteiger partial charge in [-0.1, -0.05) is 0 Å². The number of hydrogen-bond donors (Lipinski definition) is 3. The lowest BCUT2D eigenvalue weighted by Crippen LogP contribution is -2.40. The Morgan fingerprint density at radius 2 is 1.05 bits per heavy atom. The highest BCUT2D eigenvalue weighted by Crippen LogP contribution is 2.40. The number of esters is 1. The third-order valence-corrected chi connectivity index (χ3v) is 8.02. The van der Waals surface area contributed by atoms with Crippen molar-refractivity contribution in [2.45, 2.75) is 75.9 Å². The lowest BCUT2D eigenvalue weighted by Gasteiger charge is -2.30. The van der Waals surface area contributed by atoms with Gasteiger partial charge in [-0.15, -0.1) is 0 Å². The number of ether oxygens (including phenoxy) is 1. The normalized spacial score (nSPS) is 23.3. The number of carbonyl (C=O) groups is 4. The first-order chi connectivity index (χ1) is 19.6. The number of alkyl halides is 6. The van der Waals surface area contributed by atoms with Crippen molar-refractivity contribution < 1.29 is 60.5 Å². The van der Waals surface area contributed by atoms with Crippen molar-refractivity contribution in [1.29, 1.82) is 0 Å². The first kappa shape index (κ1) is 31.1. The monoisotopic (exact) mass is 603 g/mol. The van der Waals surface area contributed by atoms with Crippen LogP contribution in [0.5, 0.6) is 0 Å². The van der Waals surface area contributed by atoms with Crippen LogP contribution in [0.4, 0.5) is 26.3 Å². The second-order valence-electron chi connectivity index (χ2n) is 10.7. The second-order valence-corrected chi connectivity index (χ2v) is 10.7. The number of fused-ring (bicyclic) bond motifs is 1. The van der Waals surface area contributed by atoms with Gasteiger partial charge in [-0.3, -0.25) is 4.79 Å². The Hall–Kier alpha value is -3.84. The summed E-state index contributed by atoms with van der Waals surface area (Å²) in [4.78, 5) is 50.7. The van der Waals surface area contributed by atoms with Crippen LogP contribution in [-0.4, -0.2) is 58.5 Å². The van der Waals surface area contributed by atoms with Crippen molar-refractivity contribution in [2.24, 2.45) is 11.8 Å². The third-order valence-electron chi connectivity index (χ3n) is 8.02. The van der Waals surface area contributed by atoms with Gasteiger partial charge in [0.15, 0.2) is 0 Å². The Balaban J connectivity index is 1.67. The number of halogens is 6. The molecule has 1 amide bonds. The molecule has 0 aromatic heterocycles. The molecule has 2 aliphatic carbocycles. The van der Waals surface area contributed by atoms with E-state index >= 15 is 0 Å². The first-order valence-electron chi connectivity index (χ1n) is 13.3. The van der Waals surface area contributed by atoms with Crippen LogP contribution in [0.3, 0.4) is 0 Å². The van der Waals surface area contributed by atoms with Gasteiger partial charge in [-0.05, 0) is 75.6 Å². The molecule has 0 bridgehead atoms. The average Bonchev–Trinajstić information content (AvgIpc) is 2.91. The van der Waals surface area contributed by atoms with Crippen LogP contribution in [0.15, 0.2) is 24.3 Å². The van der Waals surface area contributed by atoms with E-state index in [0.29, 0.717) is 0 Å². The molecule has 0 radical (unpaired) electrons. The van der Waals surface area contributed by atoms with Gasteiger partial charge in [-0.25, -0.2) is 14.4 Å². The molecule has 2 aromatic carbocycles. The summed E-state index contributed by atoms with van der Waals surface area (Å²) in [7, 11) is 0. The van der Waals surface area contributed by atoms with Gasteiger partial charge in [0.25, 0.3) is 5.91 Å². The minimum Gasteiger partial charge on any atom is -0.478 e. The third kappa shape index (κ3) is 6.62. The van der Waals surface area contributed by atoms with Crippen molar-refractivity contribution in [3.8, 4) is 0 Å². The molecule has 2 saturated carbocycles. The van der Waals surface area contributed by atoms with Crippen LogP contribution in [-0.2, 0) is 4.74 Å². The minimum absolute atomic E-state index is 0.0149. The number of benzene rings is 2. The van der Waals surface area contributed by atoms with Crippen molar-refractivity contribution in [2.75, 3.05) is 0 Å². The maximum Gasteiger partial charge on any atom is 0.391 e.